The van der Waals surface area contributed by atoms with Crippen molar-refractivity contribution in [2.75, 3.05) is 26.8 Å². The van der Waals surface area contributed by atoms with E-state index in [0.717, 1.165) is 0 Å². The van der Waals surface area contributed by atoms with E-state index in [1.165, 1.54) is 7.11 Å². The van der Waals surface area contributed by atoms with E-state index in [-0.39, 0.29) is 12.5 Å². The van der Waals surface area contributed by atoms with Crippen LogP contribution in [0.1, 0.15) is 13.8 Å². The SMILES string of the molecule is CCN(CC)C(=O)[C@@H](N)COC. The van der Waals surface area contributed by atoms with Crippen LogP contribution in [-0.4, -0.2) is 43.7 Å². The number of nitrogens with two attached hydrogens (primary N) is 1. The molecule has 0 spiro atoms. The third-order valence-electron chi connectivity index (χ3n) is 1.74. The van der Waals surface area contributed by atoms with E-state index in [0.29, 0.717) is 13.1 Å². The zero-order chi connectivity index (χ0) is 9.56. The average molecular weight is 174 g/mol. The normalized spacial score (nSPS) is 12.7. The summed E-state index contributed by atoms with van der Waals surface area (Å²) in [6, 6.07) is -0.519. The van der Waals surface area contributed by atoms with Gasteiger partial charge in [0.1, 0.15) is 6.04 Å². The Balaban J connectivity index is 3.97. The van der Waals surface area contributed by atoms with Crippen LogP contribution in [0.4, 0.5) is 0 Å². The average Bonchev–Trinajstić information content (AvgIpc) is 2.07. The van der Waals surface area contributed by atoms with Gasteiger partial charge in [0.15, 0.2) is 0 Å². The molecule has 0 aliphatic carbocycles. The van der Waals surface area contributed by atoms with Gasteiger partial charge in [-0.15, -0.1) is 0 Å². The number of hydrogen-bond acceptors (Lipinski definition) is 3. The summed E-state index contributed by atoms with van der Waals surface area (Å²) in [5.41, 5.74) is 5.56. The molecule has 0 saturated carbocycles. The summed E-state index contributed by atoms with van der Waals surface area (Å²) in [5, 5.41) is 0. The van der Waals surface area contributed by atoms with E-state index < -0.39 is 6.04 Å². The predicted octanol–water partition coefficient (Wildman–Crippen LogP) is -0.171. The summed E-state index contributed by atoms with van der Waals surface area (Å²) in [7, 11) is 1.54. The Hall–Kier alpha value is -0.610. The van der Waals surface area contributed by atoms with Crippen molar-refractivity contribution in [1.29, 1.82) is 0 Å². The molecule has 72 valence electrons. The minimum atomic E-state index is -0.519. The van der Waals surface area contributed by atoms with Gasteiger partial charge in [-0.25, -0.2) is 0 Å². The molecule has 0 aliphatic rings. The Kier molecular flexibility index (Phi) is 5.66. The highest BCUT2D eigenvalue weighted by molar-refractivity contribution is 5.81. The van der Waals surface area contributed by atoms with Crippen molar-refractivity contribution >= 4 is 5.91 Å². The van der Waals surface area contributed by atoms with Crippen molar-refractivity contribution in [3.05, 3.63) is 0 Å². The van der Waals surface area contributed by atoms with Gasteiger partial charge in [0, 0.05) is 20.2 Å². The lowest BCUT2D eigenvalue weighted by molar-refractivity contribution is -0.133. The van der Waals surface area contributed by atoms with Crippen molar-refractivity contribution in [2.45, 2.75) is 19.9 Å². The van der Waals surface area contributed by atoms with E-state index in [9.17, 15) is 4.79 Å². The monoisotopic (exact) mass is 174 g/mol. The fourth-order valence-corrected chi connectivity index (χ4v) is 1.02. The number of ether oxygens (including phenoxy) is 1. The lowest BCUT2D eigenvalue weighted by atomic mass is 10.3. The lowest BCUT2D eigenvalue weighted by Crippen LogP contribution is -2.45. The molecule has 0 rings (SSSR count). The molecule has 0 heterocycles. The molecule has 0 bridgehead atoms. The molecule has 0 aromatic rings. The zero-order valence-electron chi connectivity index (χ0n) is 8.04. The third-order valence-corrected chi connectivity index (χ3v) is 1.74. The van der Waals surface area contributed by atoms with Crippen molar-refractivity contribution in [1.82, 2.24) is 4.90 Å². The van der Waals surface area contributed by atoms with Crippen LogP contribution in [0.25, 0.3) is 0 Å². The number of methoxy groups -OCH3 is 1. The first-order valence-electron chi connectivity index (χ1n) is 4.20. The maximum Gasteiger partial charge on any atom is 0.241 e. The molecule has 0 fully saturated rings. The highest BCUT2D eigenvalue weighted by Gasteiger charge is 2.17. The number of likely N-dealkylation sites (N-methyl/N-ethyl adjacent to an activating group) is 1. The van der Waals surface area contributed by atoms with Crippen molar-refractivity contribution < 1.29 is 9.53 Å². The number of hydrogen-bond donors (Lipinski definition) is 1. The Labute approximate surface area is 73.7 Å². The molecule has 0 saturated heterocycles. The molecule has 0 aromatic carbocycles. The lowest BCUT2D eigenvalue weighted by Gasteiger charge is -2.22. The van der Waals surface area contributed by atoms with Gasteiger partial charge in [0.25, 0.3) is 0 Å². The summed E-state index contributed by atoms with van der Waals surface area (Å²) in [4.78, 5) is 13.1. The van der Waals surface area contributed by atoms with Crippen LogP contribution < -0.4 is 5.73 Å². The summed E-state index contributed by atoms with van der Waals surface area (Å²) in [6.45, 7) is 5.55. The van der Waals surface area contributed by atoms with Crippen LogP contribution in [0, 0.1) is 0 Å². The molecule has 0 aromatic heterocycles. The maximum atomic E-state index is 11.4. The van der Waals surface area contributed by atoms with Gasteiger partial charge in [-0.2, -0.15) is 0 Å². The second kappa shape index (κ2) is 5.97. The second-order valence-corrected chi connectivity index (χ2v) is 2.57. The van der Waals surface area contributed by atoms with E-state index in [1.54, 1.807) is 4.90 Å². The first-order valence-corrected chi connectivity index (χ1v) is 4.20. The van der Waals surface area contributed by atoms with Gasteiger partial charge >= 0.3 is 0 Å². The Morgan fingerprint density at radius 3 is 2.33 bits per heavy atom. The van der Waals surface area contributed by atoms with Crippen molar-refractivity contribution in [2.24, 2.45) is 5.73 Å². The van der Waals surface area contributed by atoms with E-state index in [4.69, 9.17) is 10.5 Å². The van der Waals surface area contributed by atoms with Gasteiger partial charge in [0.05, 0.1) is 6.61 Å². The molecule has 0 aliphatic heterocycles. The minimum absolute atomic E-state index is 0.0400. The quantitative estimate of drug-likeness (QED) is 0.629. The number of carbonyl (C=O) groups is 1. The molecule has 12 heavy (non-hydrogen) atoms. The molecule has 2 N–H and O–H groups in total. The number of rotatable bonds is 5. The van der Waals surface area contributed by atoms with E-state index in [1.807, 2.05) is 13.8 Å². The molecule has 0 radical (unpaired) electrons. The first kappa shape index (κ1) is 11.4. The topological polar surface area (TPSA) is 55.6 Å². The molecule has 1 amide bonds. The summed E-state index contributed by atoms with van der Waals surface area (Å²) in [6.07, 6.45) is 0. The predicted molar refractivity (Wildman–Crippen MR) is 47.8 cm³/mol. The van der Waals surface area contributed by atoms with Crippen LogP contribution in [0.2, 0.25) is 0 Å². The minimum Gasteiger partial charge on any atom is -0.383 e. The maximum absolute atomic E-state index is 11.4. The number of amides is 1. The highest BCUT2D eigenvalue weighted by Crippen LogP contribution is 1.93. The fraction of sp³-hybridized carbons (Fsp3) is 0.875. The van der Waals surface area contributed by atoms with Gasteiger partial charge in [-0.1, -0.05) is 0 Å². The molecule has 1 atom stereocenters. The Morgan fingerprint density at radius 1 is 1.50 bits per heavy atom. The van der Waals surface area contributed by atoms with Crippen molar-refractivity contribution in [3.8, 4) is 0 Å². The van der Waals surface area contributed by atoms with Crippen LogP contribution in [0.3, 0.4) is 0 Å². The van der Waals surface area contributed by atoms with Gasteiger partial charge in [0.2, 0.25) is 5.91 Å². The molecule has 4 nitrogen and oxygen atoms in total. The Morgan fingerprint density at radius 2 is 2.00 bits per heavy atom. The standard InChI is InChI=1S/C8H18N2O2/c1-4-10(5-2)8(11)7(9)6-12-3/h7H,4-6,9H2,1-3H3/t7-/m0/s1. The highest BCUT2D eigenvalue weighted by atomic mass is 16.5. The summed E-state index contributed by atoms with van der Waals surface area (Å²) in [5.74, 6) is -0.0400. The number of carbonyl (C=O) groups excluding carboxylic acids is 1. The van der Waals surface area contributed by atoms with Crippen LogP contribution in [0.15, 0.2) is 0 Å². The largest absolute Gasteiger partial charge is 0.383 e. The first-order chi connectivity index (χ1) is 5.67. The molecular weight excluding hydrogens is 156 g/mol. The van der Waals surface area contributed by atoms with E-state index in [2.05, 4.69) is 0 Å². The summed E-state index contributed by atoms with van der Waals surface area (Å²) >= 11 is 0. The van der Waals surface area contributed by atoms with E-state index >= 15 is 0 Å². The smallest absolute Gasteiger partial charge is 0.241 e. The molecule has 4 heteroatoms. The molecule has 0 unspecified atom stereocenters. The Bertz CT molecular complexity index is 135. The second-order valence-electron chi connectivity index (χ2n) is 2.57. The van der Waals surface area contributed by atoms with Crippen molar-refractivity contribution in [3.63, 3.8) is 0 Å². The fourth-order valence-electron chi connectivity index (χ4n) is 1.02. The third kappa shape index (κ3) is 3.19. The van der Waals surface area contributed by atoms with Crippen LogP contribution >= 0.6 is 0 Å². The molecular formula is C8H18N2O2. The van der Waals surface area contributed by atoms with Gasteiger partial charge < -0.3 is 15.4 Å². The summed E-state index contributed by atoms with van der Waals surface area (Å²) < 4.78 is 4.79. The van der Waals surface area contributed by atoms with Crippen LogP contribution in [0.5, 0.6) is 0 Å². The van der Waals surface area contributed by atoms with Crippen LogP contribution in [-0.2, 0) is 9.53 Å². The number of nitrogens with zero attached hydrogens (tertiary/aromatic N) is 1. The van der Waals surface area contributed by atoms with Gasteiger partial charge in [-0.05, 0) is 13.8 Å². The zero-order valence-corrected chi connectivity index (χ0v) is 8.04. The van der Waals surface area contributed by atoms with Gasteiger partial charge in [-0.3, -0.25) is 4.79 Å².